The average molecular weight is 366 g/mol. The van der Waals surface area contributed by atoms with Crippen molar-refractivity contribution < 1.29 is 9.47 Å². The van der Waals surface area contributed by atoms with Crippen molar-refractivity contribution in [3.63, 3.8) is 0 Å². The van der Waals surface area contributed by atoms with Crippen LogP contribution in [0.15, 0.2) is 18.2 Å². The molecule has 0 unspecified atom stereocenters. The zero-order valence-corrected chi connectivity index (χ0v) is 15.1. The van der Waals surface area contributed by atoms with E-state index in [1.807, 2.05) is 6.07 Å². The van der Waals surface area contributed by atoms with Crippen LogP contribution in [0.5, 0.6) is 5.75 Å². The monoisotopic (exact) mass is 364 g/mol. The molecular formula is C15H19Cl3O2Si. The minimum absolute atomic E-state index is 0.378. The lowest BCUT2D eigenvalue weighted by Gasteiger charge is -2.41. The zero-order chi connectivity index (χ0) is 14.9. The highest BCUT2D eigenvalue weighted by Gasteiger charge is 2.38. The maximum atomic E-state index is 6.17. The number of hydrogen-bond donors (Lipinski definition) is 0. The number of fused-ring (bicyclic) bond motifs is 1. The molecule has 0 bridgehead atoms. The van der Waals surface area contributed by atoms with Crippen molar-refractivity contribution in [3.05, 3.63) is 29.3 Å². The van der Waals surface area contributed by atoms with Crippen LogP contribution in [-0.4, -0.2) is 11.8 Å². The van der Waals surface area contributed by atoms with Gasteiger partial charge >= 0.3 is 6.00 Å². The summed E-state index contributed by atoms with van der Waals surface area (Å²) in [5.41, 5.74) is 2.29. The lowest BCUT2D eigenvalue weighted by atomic mass is 9.93. The van der Waals surface area contributed by atoms with Gasteiger partial charge in [0.2, 0.25) is 5.79 Å². The van der Waals surface area contributed by atoms with Crippen molar-refractivity contribution in [3.8, 4) is 5.75 Å². The second kappa shape index (κ2) is 6.29. The van der Waals surface area contributed by atoms with Crippen molar-refractivity contribution >= 4 is 39.2 Å². The van der Waals surface area contributed by atoms with E-state index in [0.29, 0.717) is 12.7 Å². The van der Waals surface area contributed by atoms with Crippen LogP contribution in [0.2, 0.25) is 6.04 Å². The van der Waals surface area contributed by atoms with Gasteiger partial charge in [-0.05, 0) is 43.0 Å². The molecule has 0 N–H and O–H groups in total. The van der Waals surface area contributed by atoms with Gasteiger partial charge < -0.3 is 9.47 Å². The molecule has 1 aromatic rings. The Morgan fingerprint density at radius 2 is 1.86 bits per heavy atom. The molecule has 6 heteroatoms. The maximum Gasteiger partial charge on any atom is 0.341 e. The first-order valence-corrected chi connectivity index (χ1v) is 12.7. The Bertz CT molecular complexity index is 510. The molecular weight excluding hydrogens is 347 g/mol. The third-order valence-electron chi connectivity index (χ3n) is 4.22. The predicted octanol–water partition coefficient (Wildman–Crippen LogP) is 5.45. The normalized spacial score (nSPS) is 20.9. The number of benzene rings is 1. The first-order valence-electron chi connectivity index (χ1n) is 7.47. The van der Waals surface area contributed by atoms with E-state index in [9.17, 15) is 0 Å². The highest BCUT2D eigenvalue weighted by atomic mass is 35.8. The fourth-order valence-electron chi connectivity index (χ4n) is 3.06. The largest absolute Gasteiger partial charge is 0.462 e. The molecule has 1 aromatic carbocycles. The molecule has 21 heavy (non-hydrogen) atoms. The minimum atomic E-state index is -2.55. The molecule has 116 valence electrons. The first kappa shape index (κ1) is 15.9. The second-order valence-corrected chi connectivity index (χ2v) is 15.2. The van der Waals surface area contributed by atoms with Crippen LogP contribution in [0.25, 0.3) is 0 Å². The molecule has 0 aromatic heterocycles. The molecule has 1 fully saturated rings. The number of rotatable bonds is 3. The van der Waals surface area contributed by atoms with Gasteiger partial charge in [0.1, 0.15) is 5.75 Å². The van der Waals surface area contributed by atoms with Gasteiger partial charge in [0, 0.05) is 18.4 Å². The highest BCUT2D eigenvalue weighted by Crippen LogP contribution is 2.40. The standard InChI is InChI=1S/C15H19Cl3O2Si/c16-21(17,18)9-6-12-4-5-14-13(10-12)11-19-15(20-14)7-2-1-3-8-15/h4-5,10H,1-3,6-9,11H2. The van der Waals surface area contributed by atoms with Crippen LogP contribution in [0.3, 0.4) is 0 Å². The summed E-state index contributed by atoms with van der Waals surface area (Å²) in [6.07, 6.45) is 6.42. The van der Waals surface area contributed by atoms with Gasteiger partial charge in [-0.15, -0.1) is 33.2 Å². The van der Waals surface area contributed by atoms with Crippen molar-refractivity contribution in [2.45, 2.75) is 57.0 Å². The summed E-state index contributed by atoms with van der Waals surface area (Å²) in [5, 5.41) is 0. The van der Waals surface area contributed by atoms with E-state index in [1.54, 1.807) is 0 Å². The van der Waals surface area contributed by atoms with E-state index in [0.717, 1.165) is 30.6 Å². The smallest absolute Gasteiger partial charge is 0.341 e. The Morgan fingerprint density at radius 1 is 1.10 bits per heavy atom. The van der Waals surface area contributed by atoms with Crippen LogP contribution in [0.4, 0.5) is 0 Å². The minimum Gasteiger partial charge on any atom is -0.462 e. The summed E-state index contributed by atoms with van der Waals surface area (Å²) >= 11 is 17.8. The average Bonchev–Trinajstić information content (AvgIpc) is 2.45. The second-order valence-electron chi connectivity index (χ2n) is 5.92. The van der Waals surface area contributed by atoms with Gasteiger partial charge in [-0.1, -0.05) is 12.5 Å². The topological polar surface area (TPSA) is 18.5 Å². The SMILES string of the molecule is Cl[Si](Cl)(Cl)CCc1ccc2c(c1)COC1(CCCCC1)O2. The molecule has 2 aliphatic rings. The van der Waals surface area contributed by atoms with Crippen LogP contribution in [0, 0.1) is 0 Å². The molecule has 1 aliphatic heterocycles. The summed E-state index contributed by atoms with van der Waals surface area (Å²) in [6.45, 7) is 0.619. The summed E-state index contributed by atoms with van der Waals surface area (Å²) in [4.78, 5) is 0. The fourth-order valence-corrected chi connectivity index (χ4v) is 4.49. The predicted molar refractivity (Wildman–Crippen MR) is 89.5 cm³/mol. The van der Waals surface area contributed by atoms with Gasteiger partial charge in [-0.3, -0.25) is 0 Å². The number of ether oxygens (including phenoxy) is 2. The Hall–Kier alpha value is 0.0669. The Morgan fingerprint density at radius 3 is 2.57 bits per heavy atom. The summed E-state index contributed by atoms with van der Waals surface area (Å²) < 4.78 is 12.2. The van der Waals surface area contributed by atoms with Crippen molar-refractivity contribution in [2.75, 3.05) is 0 Å². The molecule has 0 saturated heterocycles. The molecule has 1 spiro atoms. The number of halogens is 3. The van der Waals surface area contributed by atoms with E-state index in [-0.39, 0.29) is 5.79 Å². The number of aryl methyl sites for hydroxylation is 1. The van der Waals surface area contributed by atoms with Crippen molar-refractivity contribution in [2.24, 2.45) is 0 Å². The van der Waals surface area contributed by atoms with Crippen molar-refractivity contribution in [1.29, 1.82) is 0 Å². The van der Waals surface area contributed by atoms with Gasteiger partial charge in [0.25, 0.3) is 0 Å². The van der Waals surface area contributed by atoms with E-state index in [2.05, 4.69) is 12.1 Å². The van der Waals surface area contributed by atoms with E-state index in [4.69, 9.17) is 42.7 Å². The Labute approximate surface area is 140 Å². The molecule has 0 amide bonds. The molecule has 0 atom stereocenters. The van der Waals surface area contributed by atoms with Crippen LogP contribution < -0.4 is 4.74 Å². The third-order valence-corrected chi connectivity index (χ3v) is 6.74. The first-order chi connectivity index (χ1) is 9.96. The lowest BCUT2D eigenvalue weighted by molar-refractivity contribution is -0.222. The molecule has 1 heterocycles. The van der Waals surface area contributed by atoms with Gasteiger partial charge in [-0.25, -0.2) is 0 Å². The quantitative estimate of drug-likeness (QED) is 0.523. The third kappa shape index (κ3) is 4.08. The van der Waals surface area contributed by atoms with E-state index < -0.39 is 6.00 Å². The maximum absolute atomic E-state index is 6.17. The molecule has 2 nitrogen and oxygen atoms in total. The lowest BCUT2D eigenvalue weighted by Crippen LogP contribution is -2.43. The zero-order valence-electron chi connectivity index (χ0n) is 11.8. The Kier molecular flexibility index (Phi) is 4.77. The van der Waals surface area contributed by atoms with Crippen LogP contribution >= 0.6 is 33.2 Å². The van der Waals surface area contributed by atoms with Gasteiger partial charge in [-0.2, -0.15) is 0 Å². The Balaban J connectivity index is 1.70. The van der Waals surface area contributed by atoms with E-state index in [1.165, 1.54) is 24.8 Å². The molecule has 1 aliphatic carbocycles. The molecule has 1 saturated carbocycles. The summed E-state index contributed by atoms with van der Waals surface area (Å²) in [6, 6.07) is 4.33. The number of hydrogen-bond acceptors (Lipinski definition) is 2. The molecule has 3 rings (SSSR count). The highest BCUT2D eigenvalue weighted by molar-refractivity contribution is 7.64. The van der Waals surface area contributed by atoms with Gasteiger partial charge in [0.05, 0.1) is 6.61 Å². The fraction of sp³-hybridized carbons (Fsp3) is 0.600. The van der Waals surface area contributed by atoms with Crippen molar-refractivity contribution in [1.82, 2.24) is 0 Å². The van der Waals surface area contributed by atoms with Crippen LogP contribution in [-0.2, 0) is 17.8 Å². The molecule has 0 radical (unpaired) electrons. The van der Waals surface area contributed by atoms with E-state index >= 15 is 0 Å². The van der Waals surface area contributed by atoms with Gasteiger partial charge in [0.15, 0.2) is 0 Å². The van der Waals surface area contributed by atoms with Crippen LogP contribution in [0.1, 0.15) is 43.2 Å². The summed E-state index contributed by atoms with van der Waals surface area (Å²) in [7, 11) is 0. The summed E-state index contributed by atoms with van der Waals surface area (Å²) in [5.74, 6) is 0.579.